The second kappa shape index (κ2) is 7.73. The summed E-state index contributed by atoms with van der Waals surface area (Å²) in [6, 6.07) is 3.98. The number of rotatable bonds is 7. The molecule has 0 bridgehead atoms. The highest BCUT2D eigenvalue weighted by atomic mass is 32.2. The molecule has 1 unspecified atom stereocenters. The van der Waals surface area contributed by atoms with Crippen molar-refractivity contribution in [3.63, 3.8) is 0 Å². The second-order valence-electron chi connectivity index (χ2n) is 7.70. The van der Waals surface area contributed by atoms with Crippen LogP contribution in [0.2, 0.25) is 0 Å². The van der Waals surface area contributed by atoms with E-state index in [2.05, 4.69) is 54.1 Å². The lowest BCUT2D eigenvalue weighted by Crippen LogP contribution is -2.09. The van der Waals surface area contributed by atoms with Crippen molar-refractivity contribution in [1.82, 2.24) is 33.7 Å². The van der Waals surface area contributed by atoms with Crippen molar-refractivity contribution in [1.29, 1.82) is 0 Å². The van der Waals surface area contributed by atoms with Crippen LogP contribution in [0.5, 0.6) is 0 Å². The lowest BCUT2D eigenvalue weighted by atomic mass is 10.3. The van der Waals surface area contributed by atoms with Crippen LogP contribution in [-0.2, 0) is 11.0 Å². The van der Waals surface area contributed by atoms with Gasteiger partial charge in [0.05, 0.1) is 34.9 Å². The number of anilines is 3. The van der Waals surface area contributed by atoms with Gasteiger partial charge in [-0.2, -0.15) is 9.19 Å². The summed E-state index contributed by atoms with van der Waals surface area (Å²) in [7, 11) is 0.737. The SMILES string of the molecule is CNc1nc2cnc(Nc3ccnc(-c4cnn(S(=O)C5CC5)c4)n3)cc2n1C(C)C. The number of imidazole rings is 1. The van der Waals surface area contributed by atoms with Crippen molar-refractivity contribution in [2.75, 3.05) is 17.7 Å². The van der Waals surface area contributed by atoms with Gasteiger partial charge in [-0.25, -0.2) is 24.1 Å². The molecule has 10 nitrogen and oxygen atoms in total. The molecule has 4 heterocycles. The van der Waals surface area contributed by atoms with Gasteiger partial charge in [0.2, 0.25) is 5.95 Å². The molecule has 160 valence electrons. The van der Waals surface area contributed by atoms with Crippen LogP contribution in [0.3, 0.4) is 0 Å². The molecule has 1 aliphatic carbocycles. The van der Waals surface area contributed by atoms with Crippen LogP contribution in [0, 0.1) is 0 Å². The zero-order valence-electron chi connectivity index (χ0n) is 17.5. The molecule has 2 N–H and O–H groups in total. The molecule has 1 atom stereocenters. The minimum absolute atomic E-state index is 0.213. The van der Waals surface area contributed by atoms with Crippen LogP contribution in [0.4, 0.5) is 17.6 Å². The van der Waals surface area contributed by atoms with Crippen LogP contribution in [0.1, 0.15) is 32.7 Å². The van der Waals surface area contributed by atoms with E-state index in [0.717, 1.165) is 35.4 Å². The molecule has 11 heteroatoms. The summed E-state index contributed by atoms with van der Waals surface area (Å²) in [5, 5.41) is 10.8. The summed E-state index contributed by atoms with van der Waals surface area (Å²) in [6.45, 7) is 4.23. The van der Waals surface area contributed by atoms with Gasteiger partial charge in [0, 0.05) is 25.4 Å². The van der Waals surface area contributed by atoms with Gasteiger partial charge in [0.1, 0.15) is 28.1 Å². The van der Waals surface area contributed by atoms with E-state index in [4.69, 9.17) is 0 Å². The van der Waals surface area contributed by atoms with E-state index < -0.39 is 11.0 Å². The maximum Gasteiger partial charge on any atom is 0.203 e. The monoisotopic (exact) mass is 437 g/mol. The van der Waals surface area contributed by atoms with Crippen molar-refractivity contribution in [2.45, 2.75) is 38.0 Å². The lowest BCUT2D eigenvalue weighted by molar-refractivity contribution is 0.624. The zero-order chi connectivity index (χ0) is 21.5. The van der Waals surface area contributed by atoms with Crippen molar-refractivity contribution in [3.05, 3.63) is 36.9 Å². The highest BCUT2D eigenvalue weighted by molar-refractivity contribution is 7.84. The van der Waals surface area contributed by atoms with E-state index in [-0.39, 0.29) is 11.3 Å². The molecule has 0 saturated heterocycles. The number of nitrogens with one attached hydrogen (secondary N) is 2. The first kappa shape index (κ1) is 19.6. The van der Waals surface area contributed by atoms with E-state index in [1.165, 1.54) is 4.09 Å². The predicted octanol–water partition coefficient (Wildman–Crippen LogP) is 3.13. The smallest absolute Gasteiger partial charge is 0.203 e. The Morgan fingerprint density at radius 1 is 1.16 bits per heavy atom. The topological polar surface area (TPSA) is 115 Å². The summed E-state index contributed by atoms with van der Waals surface area (Å²) >= 11 is 0. The van der Waals surface area contributed by atoms with E-state index in [0.29, 0.717) is 17.5 Å². The van der Waals surface area contributed by atoms with Gasteiger partial charge in [-0.05, 0) is 32.8 Å². The molecule has 1 saturated carbocycles. The number of aromatic nitrogens is 7. The maximum atomic E-state index is 12.3. The first-order valence-corrected chi connectivity index (χ1v) is 11.3. The Balaban J connectivity index is 1.42. The highest BCUT2D eigenvalue weighted by Gasteiger charge is 2.30. The average Bonchev–Trinajstić information content (AvgIpc) is 3.37. The first-order valence-electron chi connectivity index (χ1n) is 10.2. The molecule has 1 fully saturated rings. The van der Waals surface area contributed by atoms with Crippen molar-refractivity contribution >= 4 is 39.6 Å². The summed E-state index contributed by atoms with van der Waals surface area (Å²) in [5.41, 5.74) is 2.52. The molecule has 0 aromatic carbocycles. The van der Waals surface area contributed by atoms with Crippen LogP contribution < -0.4 is 10.6 Å². The highest BCUT2D eigenvalue weighted by Crippen LogP contribution is 2.28. The zero-order valence-corrected chi connectivity index (χ0v) is 18.3. The molecule has 0 radical (unpaired) electrons. The molecule has 4 aromatic heterocycles. The molecule has 1 aliphatic rings. The lowest BCUT2D eigenvalue weighted by Gasteiger charge is -2.12. The number of nitrogens with zero attached hydrogens (tertiary/aromatic N) is 7. The fourth-order valence-electron chi connectivity index (χ4n) is 3.41. The maximum absolute atomic E-state index is 12.3. The minimum Gasteiger partial charge on any atom is -0.359 e. The van der Waals surface area contributed by atoms with Crippen molar-refractivity contribution in [3.8, 4) is 11.4 Å². The summed E-state index contributed by atoms with van der Waals surface area (Å²) in [6.07, 6.45) is 8.77. The number of hydrogen-bond donors (Lipinski definition) is 2. The third-order valence-corrected chi connectivity index (χ3v) is 6.65. The summed E-state index contributed by atoms with van der Waals surface area (Å²) in [4.78, 5) is 18.0. The van der Waals surface area contributed by atoms with E-state index in [1.807, 2.05) is 13.1 Å². The van der Waals surface area contributed by atoms with Gasteiger partial charge in [0.15, 0.2) is 5.82 Å². The van der Waals surface area contributed by atoms with Gasteiger partial charge in [-0.1, -0.05) is 0 Å². The fourth-order valence-corrected chi connectivity index (χ4v) is 4.61. The Hall–Kier alpha value is -3.34. The first-order chi connectivity index (χ1) is 15.0. The van der Waals surface area contributed by atoms with Gasteiger partial charge >= 0.3 is 0 Å². The molecule has 0 spiro atoms. The largest absolute Gasteiger partial charge is 0.359 e. The molecule has 0 aliphatic heterocycles. The quantitative estimate of drug-likeness (QED) is 0.453. The minimum atomic E-state index is -1.12. The Bertz CT molecular complexity index is 1270. The molecule has 5 rings (SSSR count). The third kappa shape index (κ3) is 3.76. The Kier molecular flexibility index (Phi) is 4.89. The predicted molar refractivity (Wildman–Crippen MR) is 121 cm³/mol. The Morgan fingerprint density at radius 2 is 2.00 bits per heavy atom. The Labute approximate surface area is 181 Å². The standard InChI is InChI=1S/C20H23N9OS/c1-12(2)29-16-8-18(23-10-15(16)25-20(29)21-3)26-17-6-7-22-19(27-17)13-9-24-28(11-13)31(30)14-4-5-14/h6-12,14H,4-5H2,1-3H3,(H,21,25)(H,22,23,26,27). The van der Waals surface area contributed by atoms with E-state index >= 15 is 0 Å². The molecule has 0 amide bonds. The number of pyridine rings is 1. The fraction of sp³-hybridized carbons (Fsp3) is 0.350. The van der Waals surface area contributed by atoms with E-state index in [9.17, 15) is 4.21 Å². The van der Waals surface area contributed by atoms with Gasteiger partial charge in [-0.3, -0.25) is 0 Å². The molecular formula is C20H23N9OS. The molecule has 31 heavy (non-hydrogen) atoms. The second-order valence-corrected chi connectivity index (χ2v) is 9.30. The van der Waals surface area contributed by atoms with E-state index in [1.54, 1.807) is 30.9 Å². The van der Waals surface area contributed by atoms with Crippen LogP contribution in [-0.4, -0.2) is 50.2 Å². The summed E-state index contributed by atoms with van der Waals surface area (Å²) in [5.74, 6) is 2.58. The normalized spacial score (nSPS) is 14.8. The van der Waals surface area contributed by atoms with Gasteiger partial charge in [-0.15, -0.1) is 0 Å². The third-order valence-electron chi connectivity index (χ3n) is 5.04. The van der Waals surface area contributed by atoms with Gasteiger partial charge in [0.25, 0.3) is 0 Å². The molecular weight excluding hydrogens is 414 g/mol. The molecule has 4 aromatic rings. The van der Waals surface area contributed by atoms with Crippen LogP contribution in [0.25, 0.3) is 22.4 Å². The average molecular weight is 438 g/mol. The van der Waals surface area contributed by atoms with Crippen LogP contribution in [0.15, 0.2) is 36.9 Å². The van der Waals surface area contributed by atoms with Gasteiger partial charge < -0.3 is 15.2 Å². The van der Waals surface area contributed by atoms with Crippen molar-refractivity contribution in [2.24, 2.45) is 0 Å². The number of hydrogen-bond acceptors (Lipinski definition) is 8. The van der Waals surface area contributed by atoms with Crippen molar-refractivity contribution < 1.29 is 4.21 Å². The Morgan fingerprint density at radius 3 is 2.74 bits per heavy atom. The summed E-state index contributed by atoms with van der Waals surface area (Å²) < 4.78 is 15.9. The van der Waals surface area contributed by atoms with Crippen LogP contribution >= 0.6 is 0 Å². The number of fused-ring (bicyclic) bond motifs is 1.